The minimum atomic E-state index is 0.539. The molecule has 3 heteroatoms. The van der Waals surface area contributed by atoms with Gasteiger partial charge in [-0.2, -0.15) is 0 Å². The summed E-state index contributed by atoms with van der Waals surface area (Å²) in [6.07, 6.45) is 5.70. The van der Waals surface area contributed by atoms with Gasteiger partial charge in [-0.3, -0.25) is 0 Å². The molecule has 1 aliphatic heterocycles. The Labute approximate surface area is 97.7 Å². The molecule has 0 amide bonds. The Morgan fingerprint density at radius 3 is 2.56 bits per heavy atom. The smallest absolute Gasteiger partial charge is 0.123 e. The summed E-state index contributed by atoms with van der Waals surface area (Å²) >= 11 is 0. The Hall–Kier alpha value is -1.25. The molecule has 0 aliphatic carbocycles. The molecule has 2 rings (SSSR count). The van der Waals surface area contributed by atoms with E-state index in [1.165, 1.54) is 24.9 Å². The van der Waals surface area contributed by atoms with Crippen molar-refractivity contribution in [2.24, 2.45) is 5.41 Å². The summed E-state index contributed by atoms with van der Waals surface area (Å²) in [4.78, 5) is 6.55. The maximum absolute atomic E-state index is 5.59. The summed E-state index contributed by atoms with van der Waals surface area (Å²) in [5.74, 6) is 0.596. The van der Waals surface area contributed by atoms with Gasteiger partial charge in [-0.1, -0.05) is 20.3 Å². The highest BCUT2D eigenvalue weighted by Gasteiger charge is 2.28. The molecule has 0 spiro atoms. The third kappa shape index (κ3) is 2.29. The summed E-state index contributed by atoms with van der Waals surface area (Å²) in [5.41, 5.74) is 7.33. The topological polar surface area (TPSA) is 42.1 Å². The Morgan fingerprint density at radius 1 is 1.38 bits per heavy atom. The number of rotatable bonds is 2. The molecule has 1 saturated heterocycles. The summed E-state index contributed by atoms with van der Waals surface area (Å²) in [6, 6.07) is 3.94. The van der Waals surface area contributed by atoms with Crippen molar-refractivity contribution in [3.8, 4) is 0 Å². The van der Waals surface area contributed by atoms with E-state index in [9.17, 15) is 0 Å². The fraction of sp³-hybridized carbons (Fsp3) is 0.615. The third-order valence-electron chi connectivity index (χ3n) is 3.96. The van der Waals surface area contributed by atoms with Crippen LogP contribution in [-0.4, -0.2) is 18.1 Å². The van der Waals surface area contributed by atoms with Gasteiger partial charge >= 0.3 is 0 Å². The lowest BCUT2D eigenvalue weighted by Gasteiger charge is -2.39. The molecule has 1 fully saturated rings. The Kier molecular flexibility index (Phi) is 3.03. The van der Waals surface area contributed by atoms with Crippen LogP contribution in [0, 0.1) is 5.41 Å². The SMILES string of the molecule is CCC1(C)CCN(c2ccc(N)nc2)CC1. The minimum Gasteiger partial charge on any atom is -0.384 e. The Morgan fingerprint density at radius 2 is 2.06 bits per heavy atom. The first-order chi connectivity index (χ1) is 7.63. The minimum absolute atomic E-state index is 0.539. The van der Waals surface area contributed by atoms with E-state index in [-0.39, 0.29) is 0 Å². The molecule has 16 heavy (non-hydrogen) atoms. The molecule has 0 saturated carbocycles. The van der Waals surface area contributed by atoms with Gasteiger partial charge in [-0.05, 0) is 30.4 Å². The number of hydrogen-bond donors (Lipinski definition) is 1. The number of aromatic nitrogens is 1. The first kappa shape index (κ1) is 11.2. The molecule has 0 unspecified atom stereocenters. The van der Waals surface area contributed by atoms with Crippen LogP contribution >= 0.6 is 0 Å². The number of nitrogen functional groups attached to an aromatic ring is 1. The largest absolute Gasteiger partial charge is 0.384 e. The zero-order valence-corrected chi connectivity index (χ0v) is 10.2. The number of pyridine rings is 1. The monoisotopic (exact) mass is 219 g/mol. The van der Waals surface area contributed by atoms with E-state index in [0.29, 0.717) is 11.2 Å². The zero-order valence-electron chi connectivity index (χ0n) is 10.2. The Balaban J connectivity index is 2.01. The van der Waals surface area contributed by atoms with E-state index in [1.54, 1.807) is 0 Å². The second-order valence-electron chi connectivity index (χ2n) is 5.09. The number of anilines is 2. The maximum atomic E-state index is 5.59. The van der Waals surface area contributed by atoms with Crippen molar-refractivity contribution in [1.82, 2.24) is 4.98 Å². The van der Waals surface area contributed by atoms with Crippen LogP contribution in [0.15, 0.2) is 18.3 Å². The van der Waals surface area contributed by atoms with Gasteiger partial charge in [0.1, 0.15) is 5.82 Å². The number of nitrogens with zero attached hydrogens (tertiary/aromatic N) is 2. The van der Waals surface area contributed by atoms with Crippen molar-refractivity contribution in [2.45, 2.75) is 33.1 Å². The molecule has 3 nitrogen and oxygen atoms in total. The first-order valence-corrected chi connectivity index (χ1v) is 6.09. The molecule has 0 bridgehead atoms. The number of hydrogen-bond acceptors (Lipinski definition) is 3. The van der Waals surface area contributed by atoms with Crippen LogP contribution < -0.4 is 10.6 Å². The van der Waals surface area contributed by atoms with E-state index in [4.69, 9.17) is 5.73 Å². The molecule has 2 heterocycles. The normalized spacial score (nSPS) is 19.8. The van der Waals surface area contributed by atoms with Crippen LogP contribution in [0.2, 0.25) is 0 Å². The predicted octanol–water partition coefficient (Wildman–Crippen LogP) is 2.68. The highest BCUT2D eigenvalue weighted by atomic mass is 15.1. The quantitative estimate of drug-likeness (QED) is 0.831. The molecule has 1 aromatic heterocycles. The molecule has 1 aromatic rings. The van der Waals surface area contributed by atoms with Crippen molar-refractivity contribution in [3.05, 3.63) is 18.3 Å². The number of nitrogens with two attached hydrogens (primary N) is 1. The molecule has 0 atom stereocenters. The first-order valence-electron chi connectivity index (χ1n) is 6.09. The van der Waals surface area contributed by atoms with Gasteiger partial charge in [-0.25, -0.2) is 4.98 Å². The van der Waals surface area contributed by atoms with E-state index in [1.807, 2.05) is 12.3 Å². The highest BCUT2D eigenvalue weighted by molar-refractivity contribution is 5.48. The molecule has 1 aliphatic rings. The van der Waals surface area contributed by atoms with Crippen LogP contribution in [0.25, 0.3) is 0 Å². The third-order valence-corrected chi connectivity index (χ3v) is 3.96. The fourth-order valence-corrected chi connectivity index (χ4v) is 2.24. The van der Waals surface area contributed by atoms with Crippen LogP contribution in [0.1, 0.15) is 33.1 Å². The van der Waals surface area contributed by atoms with Gasteiger partial charge in [0.15, 0.2) is 0 Å². The van der Waals surface area contributed by atoms with Crippen molar-refractivity contribution in [1.29, 1.82) is 0 Å². The van der Waals surface area contributed by atoms with Crippen LogP contribution in [0.4, 0.5) is 11.5 Å². The van der Waals surface area contributed by atoms with E-state index in [0.717, 1.165) is 13.1 Å². The lowest BCUT2D eigenvalue weighted by Crippen LogP contribution is -2.38. The molecule has 0 radical (unpaired) electrons. The second kappa shape index (κ2) is 4.32. The molecule has 2 N–H and O–H groups in total. The lowest BCUT2D eigenvalue weighted by atomic mass is 9.78. The fourth-order valence-electron chi connectivity index (χ4n) is 2.24. The van der Waals surface area contributed by atoms with Crippen molar-refractivity contribution < 1.29 is 0 Å². The average molecular weight is 219 g/mol. The van der Waals surface area contributed by atoms with Gasteiger partial charge in [-0.15, -0.1) is 0 Å². The van der Waals surface area contributed by atoms with Gasteiger partial charge in [0.25, 0.3) is 0 Å². The molecule has 0 aromatic carbocycles. The second-order valence-corrected chi connectivity index (χ2v) is 5.09. The summed E-state index contributed by atoms with van der Waals surface area (Å²) in [7, 11) is 0. The van der Waals surface area contributed by atoms with E-state index < -0.39 is 0 Å². The van der Waals surface area contributed by atoms with Gasteiger partial charge in [0.05, 0.1) is 11.9 Å². The van der Waals surface area contributed by atoms with Crippen LogP contribution in [0.3, 0.4) is 0 Å². The van der Waals surface area contributed by atoms with E-state index in [2.05, 4.69) is 29.8 Å². The maximum Gasteiger partial charge on any atom is 0.123 e. The summed E-state index contributed by atoms with van der Waals surface area (Å²) in [6.45, 7) is 6.96. The van der Waals surface area contributed by atoms with Crippen molar-refractivity contribution >= 4 is 11.5 Å². The zero-order chi connectivity index (χ0) is 11.6. The summed E-state index contributed by atoms with van der Waals surface area (Å²) < 4.78 is 0. The van der Waals surface area contributed by atoms with Crippen molar-refractivity contribution in [3.63, 3.8) is 0 Å². The van der Waals surface area contributed by atoms with Crippen LogP contribution in [-0.2, 0) is 0 Å². The molecular formula is C13H21N3. The predicted molar refractivity (Wildman–Crippen MR) is 68.5 cm³/mol. The standard InChI is InChI=1S/C13H21N3/c1-3-13(2)6-8-16(9-7-13)11-4-5-12(14)15-10-11/h4-5,10H,3,6-9H2,1-2H3,(H2,14,15). The number of piperidine rings is 1. The van der Waals surface area contributed by atoms with Crippen molar-refractivity contribution in [2.75, 3.05) is 23.7 Å². The Bertz CT molecular complexity index is 337. The van der Waals surface area contributed by atoms with Crippen LogP contribution in [0.5, 0.6) is 0 Å². The lowest BCUT2D eigenvalue weighted by molar-refractivity contribution is 0.238. The van der Waals surface area contributed by atoms with Gasteiger partial charge in [0.2, 0.25) is 0 Å². The highest BCUT2D eigenvalue weighted by Crippen LogP contribution is 2.35. The van der Waals surface area contributed by atoms with E-state index >= 15 is 0 Å². The van der Waals surface area contributed by atoms with Gasteiger partial charge in [0, 0.05) is 13.1 Å². The average Bonchev–Trinajstić information content (AvgIpc) is 2.32. The van der Waals surface area contributed by atoms with Gasteiger partial charge < -0.3 is 10.6 Å². The summed E-state index contributed by atoms with van der Waals surface area (Å²) in [5, 5.41) is 0. The molecular weight excluding hydrogens is 198 g/mol. The molecule has 88 valence electrons.